The number of rotatable bonds is 7. The second kappa shape index (κ2) is 7.00. The maximum atomic E-state index is 11.2. The molecule has 0 fully saturated rings. The van der Waals surface area contributed by atoms with E-state index >= 15 is 0 Å². The molecule has 0 aliphatic carbocycles. The summed E-state index contributed by atoms with van der Waals surface area (Å²) < 4.78 is 2.05. The van der Waals surface area contributed by atoms with Crippen LogP contribution in [0.15, 0.2) is 12.4 Å². The van der Waals surface area contributed by atoms with Gasteiger partial charge in [-0.15, -0.1) is 0 Å². The van der Waals surface area contributed by atoms with Crippen LogP contribution in [0.4, 0.5) is 0 Å². The van der Waals surface area contributed by atoms with E-state index in [1.165, 1.54) is 0 Å². The number of aromatic nitrogens is 2. The molecule has 1 aromatic rings. The summed E-state index contributed by atoms with van der Waals surface area (Å²) in [6, 6.07) is 0. The third-order valence-electron chi connectivity index (χ3n) is 2.31. The Morgan fingerprint density at radius 1 is 1.50 bits per heavy atom. The number of carbonyl (C=O) groups excluding carboxylic acids is 1. The molecule has 0 aliphatic rings. The van der Waals surface area contributed by atoms with Crippen LogP contribution < -0.4 is 10.6 Å². The summed E-state index contributed by atoms with van der Waals surface area (Å²) in [5.41, 5.74) is 0. The SMILES string of the molecule is CCCNC(=O)CNCCn1ccnc1C. The molecule has 0 spiro atoms. The number of hydrogen-bond donors (Lipinski definition) is 2. The summed E-state index contributed by atoms with van der Waals surface area (Å²) in [6.07, 6.45) is 4.69. The van der Waals surface area contributed by atoms with Crippen LogP contribution in [0.5, 0.6) is 0 Å². The van der Waals surface area contributed by atoms with E-state index in [-0.39, 0.29) is 5.91 Å². The highest BCUT2D eigenvalue weighted by atomic mass is 16.1. The number of amides is 1. The van der Waals surface area contributed by atoms with Gasteiger partial charge < -0.3 is 15.2 Å². The van der Waals surface area contributed by atoms with Crippen LogP contribution in [0.1, 0.15) is 19.2 Å². The second-order valence-corrected chi connectivity index (χ2v) is 3.69. The van der Waals surface area contributed by atoms with Crippen molar-refractivity contribution >= 4 is 5.91 Å². The third-order valence-corrected chi connectivity index (χ3v) is 2.31. The molecule has 90 valence electrons. The van der Waals surface area contributed by atoms with Crippen LogP contribution >= 0.6 is 0 Å². The van der Waals surface area contributed by atoms with Gasteiger partial charge in [0, 0.05) is 32.0 Å². The van der Waals surface area contributed by atoms with Crippen molar-refractivity contribution in [2.75, 3.05) is 19.6 Å². The lowest BCUT2D eigenvalue weighted by atomic mass is 10.4. The molecule has 0 bridgehead atoms. The first-order valence-electron chi connectivity index (χ1n) is 5.69. The smallest absolute Gasteiger partial charge is 0.233 e. The summed E-state index contributed by atoms with van der Waals surface area (Å²) in [5.74, 6) is 1.06. The second-order valence-electron chi connectivity index (χ2n) is 3.69. The number of nitrogens with one attached hydrogen (secondary N) is 2. The van der Waals surface area contributed by atoms with Gasteiger partial charge in [-0.25, -0.2) is 4.98 Å². The Bertz CT molecular complexity index is 322. The zero-order valence-corrected chi connectivity index (χ0v) is 9.99. The minimum atomic E-state index is 0.0594. The molecule has 0 aromatic carbocycles. The van der Waals surface area contributed by atoms with Crippen molar-refractivity contribution in [1.29, 1.82) is 0 Å². The molecule has 0 saturated heterocycles. The Labute approximate surface area is 96.3 Å². The van der Waals surface area contributed by atoms with E-state index in [0.717, 1.165) is 31.9 Å². The van der Waals surface area contributed by atoms with Crippen LogP contribution in [-0.2, 0) is 11.3 Å². The first-order chi connectivity index (χ1) is 7.74. The van der Waals surface area contributed by atoms with Crippen molar-refractivity contribution in [2.24, 2.45) is 0 Å². The van der Waals surface area contributed by atoms with Gasteiger partial charge >= 0.3 is 0 Å². The minimum absolute atomic E-state index is 0.0594. The lowest BCUT2D eigenvalue weighted by molar-refractivity contribution is -0.120. The summed E-state index contributed by atoms with van der Waals surface area (Å²) in [6.45, 7) is 6.75. The summed E-state index contributed by atoms with van der Waals surface area (Å²) in [7, 11) is 0. The highest BCUT2D eigenvalue weighted by molar-refractivity contribution is 5.77. The van der Waals surface area contributed by atoms with Crippen molar-refractivity contribution < 1.29 is 4.79 Å². The van der Waals surface area contributed by atoms with Gasteiger partial charge in [0.15, 0.2) is 0 Å². The van der Waals surface area contributed by atoms with Crippen LogP contribution in [0.25, 0.3) is 0 Å². The molecule has 0 saturated carbocycles. The van der Waals surface area contributed by atoms with Crippen LogP contribution in [0.2, 0.25) is 0 Å². The highest BCUT2D eigenvalue weighted by Gasteiger charge is 1.99. The number of nitrogens with zero attached hydrogens (tertiary/aromatic N) is 2. The average molecular weight is 224 g/mol. The molecule has 0 atom stereocenters. The Morgan fingerprint density at radius 3 is 2.94 bits per heavy atom. The lowest BCUT2D eigenvalue weighted by Crippen LogP contribution is -2.35. The van der Waals surface area contributed by atoms with Crippen molar-refractivity contribution in [3.63, 3.8) is 0 Å². The predicted molar refractivity (Wildman–Crippen MR) is 63.1 cm³/mol. The quantitative estimate of drug-likeness (QED) is 0.655. The molecule has 2 N–H and O–H groups in total. The van der Waals surface area contributed by atoms with Gasteiger partial charge in [-0.05, 0) is 13.3 Å². The summed E-state index contributed by atoms with van der Waals surface area (Å²) in [4.78, 5) is 15.4. The molecule has 1 rings (SSSR count). The molecule has 0 aliphatic heterocycles. The van der Waals surface area contributed by atoms with Gasteiger partial charge in [-0.3, -0.25) is 4.79 Å². The van der Waals surface area contributed by atoms with E-state index < -0.39 is 0 Å². The standard InChI is InChI=1S/C11H20N4O/c1-3-4-14-11(16)9-12-5-7-15-8-6-13-10(15)2/h6,8,12H,3-5,7,9H2,1-2H3,(H,14,16). The Balaban J connectivity index is 2.08. The van der Waals surface area contributed by atoms with E-state index in [2.05, 4.69) is 20.2 Å². The Hall–Kier alpha value is -1.36. The zero-order chi connectivity index (χ0) is 11.8. The van der Waals surface area contributed by atoms with Gasteiger partial charge in [0.1, 0.15) is 5.82 Å². The molecule has 5 heteroatoms. The van der Waals surface area contributed by atoms with Crippen molar-refractivity contribution in [3.8, 4) is 0 Å². The molecule has 0 radical (unpaired) electrons. The number of hydrogen-bond acceptors (Lipinski definition) is 3. The Morgan fingerprint density at radius 2 is 2.31 bits per heavy atom. The fourth-order valence-corrected chi connectivity index (χ4v) is 1.37. The van der Waals surface area contributed by atoms with Crippen molar-refractivity contribution in [2.45, 2.75) is 26.8 Å². The van der Waals surface area contributed by atoms with E-state index in [4.69, 9.17) is 0 Å². The van der Waals surface area contributed by atoms with Crippen LogP contribution in [0, 0.1) is 6.92 Å². The molecule has 1 aromatic heterocycles. The molecule has 1 amide bonds. The van der Waals surface area contributed by atoms with Crippen LogP contribution in [0.3, 0.4) is 0 Å². The molecule has 5 nitrogen and oxygen atoms in total. The first-order valence-corrected chi connectivity index (χ1v) is 5.69. The fraction of sp³-hybridized carbons (Fsp3) is 0.636. The fourth-order valence-electron chi connectivity index (χ4n) is 1.37. The van der Waals surface area contributed by atoms with E-state index in [1.807, 2.05) is 20.0 Å². The minimum Gasteiger partial charge on any atom is -0.355 e. The van der Waals surface area contributed by atoms with Gasteiger partial charge in [0.05, 0.1) is 6.54 Å². The van der Waals surface area contributed by atoms with E-state index in [0.29, 0.717) is 6.54 Å². The van der Waals surface area contributed by atoms with Gasteiger partial charge in [0.25, 0.3) is 0 Å². The van der Waals surface area contributed by atoms with E-state index in [1.54, 1.807) is 6.20 Å². The topological polar surface area (TPSA) is 59.0 Å². The lowest BCUT2D eigenvalue weighted by Gasteiger charge is -2.07. The molecule has 0 unspecified atom stereocenters. The summed E-state index contributed by atoms with van der Waals surface area (Å²) in [5, 5.41) is 5.92. The average Bonchev–Trinajstić information content (AvgIpc) is 2.67. The van der Waals surface area contributed by atoms with Gasteiger partial charge in [-0.1, -0.05) is 6.92 Å². The maximum Gasteiger partial charge on any atom is 0.233 e. The monoisotopic (exact) mass is 224 g/mol. The van der Waals surface area contributed by atoms with Crippen LogP contribution in [-0.4, -0.2) is 35.1 Å². The third kappa shape index (κ3) is 4.44. The Kier molecular flexibility index (Phi) is 5.56. The molecular formula is C11H20N4O. The summed E-state index contributed by atoms with van der Waals surface area (Å²) >= 11 is 0. The van der Waals surface area contributed by atoms with Crippen molar-refractivity contribution in [3.05, 3.63) is 18.2 Å². The normalized spacial score (nSPS) is 10.4. The van der Waals surface area contributed by atoms with Gasteiger partial charge in [-0.2, -0.15) is 0 Å². The highest BCUT2D eigenvalue weighted by Crippen LogP contribution is 1.92. The largest absolute Gasteiger partial charge is 0.355 e. The van der Waals surface area contributed by atoms with E-state index in [9.17, 15) is 4.79 Å². The van der Waals surface area contributed by atoms with Crippen molar-refractivity contribution in [1.82, 2.24) is 20.2 Å². The van der Waals surface area contributed by atoms with Gasteiger partial charge in [0.2, 0.25) is 5.91 Å². The predicted octanol–water partition coefficient (Wildman–Crippen LogP) is 0.307. The number of imidazole rings is 1. The number of carbonyl (C=O) groups is 1. The molecule has 1 heterocycles. The number of aryl methyl sites for hydroxylation is 1. The molecular weight excluding hydrogens is 204 g/mol. The first kappa shape index (κ1) is 12.7. The maximum absolute atomic E-state index is 11.2. The zero-order valence-electron chi connectivity index (χ0n) is 9.99. The molecule has 16 heavy (non-hydrogen) atoms.